The number of benzene rings is 2. The number of fused-ring (bicyclic) bond motifs is 1. The Labute approximate surface area is 124 Å². The Kier molecular flexibility index (Phi) is 3.14. The molecule has 0 aliphatic heterocycles. The van der Waals surface area contributed by atoms with Crippen LogP contribution < -0.4 is 11.5 Å². The summed E-state index contributed by atoms with van der Waals surface area (Å²) in [5.41, 5.74) is 11.2. The van der Waals surface area contributed by atoms with Gasteiger partial charge in [0.15, 0.2) is 0 Å². The minimum absolute atomic E-state index is 0.0264. The number of hydrogen-bond acceptors (Lipinski definition) is 9. The van der Waals surface area contributed by atoms with Crippen LogP contribution in [0, 0.1) is 0 Å². The topological polar surface area (TPSA) is 156 Å². The quantitative estimate of drug-likeness (QED) is 0.527. The van der Waals surface area contributed by atoms with E-state index in [9.17, 15) is 10.2 Å². The first kappa shape index (κ1) is 13.5. The Hall–Kier alpha value is -3.49. The van der Waals surface area contributed by atoms with Crippen LogP contribution >= 0.6 is 0 Å². The molecule has 0 amide bonds. The number of phenolic OH excluding ortho intramolecular Hbond substituents is 2. The maximum atomic E-state index is 9.97. The van der Waals surface area contributed by atoms with E-state index >= 15 is 0 Å². The third-order valence-electron chi connectivity index (χ3n) is 2.88. The SMILES string of the molecule is Nc1nc(N)nc(/N=N/c2ccc(O)c3cccc(O)c23)n1. The van der Waals surface area contributed by atoms with Gasteiger partial charge < -0.3 is 21.7 Å². The van der Waals surface area contributed by atoms with Crippen molar-refractivity contribution >= 4 is 34.3 Å². The van der Waals surface area contributed by atoms with Crippen molar-refractivity contribution in [2.45, 2.75) is 0 Å². The smallest absolute Gasteiger partial charge is 0.275 e. The van der Waals surface area contributed by atoms with E-state index in [0.717, 1.165) is 0 Å². The zero-order chi connectivity index (χ0) is 15.7. The highest BCUT2D eigenvalue weighted by Crippen LogP contribution is 2.38. The van der Waals surface area contributed by atoms with Gasteiger partial charge in [-0.15, -0.1) is 10.2 Å². The van der Waals surface area contributed by atoms with Crippen LogP contribution in [0.2, 0.25) is 0 Å². The maximum Gasteiger partial charge on any atom is 0.275 e. The summed E-state index contributed by atoms with van der Waals surface area (Å²) in [7, 11) is 0. The van der Waals surface area contributed by atoms with Gasteiger partial charge in [-0.25, -0.2) is 0 Å². The number of aromatic hydroxyl groups is 2. The van der Waals surface area contributed by atoms with Crippen LogP contribution in [-0.2, 0) is 0 Å². The highest BCUT2D eigenvalue weighted by atomic mass is 16.3. The number of nitrogens with two attached hydrogens (primary N) is 2. The molecule has 0 aliphatic carbocycles. The fourth-order valence-corrected chi connectivity index (χ4v) is 1.98. The van der Waals surface area contributed by atoms with Crippen molar-refractivity contribution in [1.82, 2.24) is 15.0 Å². The van der Waals surface area contributed by atoms with Gasteiger partial charge in [-0.05, 0) is 18.2 Å². The molecule has 3 aromatic rings. The van der Waals surface area contributed by atoms with Gasteiger partial charge in [0.2, 0.25) is 11.9 Å². The minimum Gasteiger partial charge on any atom is -0.507 e. The van der Waals surface area contributed by atoms with Gasteiger partial charge in [0.1, 0.15) is 11.5 Å². The van der Waals surface area contributed by atoms with Crippen molar-refractivity contribution in [1.29, 1.82) is 0 Å². The number of aromatic nitrogens is 3. The molecule has 1 heterocycles. The van der Waals surface area contributed by atoms with Crippen molar-refractivity contribution in [3.8, 4) is 11.5 Å². The van der Waals surface area contributed by atoms with E-state index in [4.69, 9.17) is 11.5 Å². The molecule has 2 aromatic carbocycles. The molecule has 0 saturated carbocycles. The second-order valence-corrected chi connectivity index (χ2v) is 4.36. The Balaban J connectivity index is 2.11. The monoisotopic (exact) mass is 297 g/mol. The Morgan fingerprint density at radius 1 is 0.818 bits per heavy atom. The van der Waals surface area contributed by atoms with Crippen molar-refractivity contribution in [2.24, 2.45) is 10.2 Å². The molecule has 0 aliphatic rings. The molecule has 0 unspecified atom stereocenters. The van der Waals surface area contributed by atoms with Gasteiger partial charge in [-0.1, -0.05) is 12.1 Å². The summed E-state index contributed by atoms with van der Waals surface area (Å²) in [5, 5.41) is 28.4. The lowest BCUT2D eigenvalue weighted by Crippen LogP contribution is -2.01. The average Bonchev–Trinajstić information content (AvgIpc) is 2.46. The van der Waals surface area contributed by atoms with Crippen LogP contribution in [0.15, 0.2) is 40.6 Å². The van der Waals surface area contributed by atoms with E-state index in [1.807, 2.05) is 0 Å². The summed E-state index contributed by atoms with van der Waals surface area (Å²) in [4.78, 5) is 11.2. The van der Waals surface area contributed by atoms with Crippen LogP contribution in [0.4, 0.5) is 23.5 Å². The standard InChI is InChI=1S/C13H11N7O2/c14-11-16-12(15)18-13(17-11)20-19-7-4-5-8(21)6-2-1-3-9(22)10(6)7/h1-5,21-22H,(H4,14,15,16,17,18)/b20-19+. The van der Waals surface area contributed by atoms with Crippen molar-refractivity contribution in [2.75, 3.05) is 11.5 Å². The lowest BCUT2D eigenvalue weighted by molar-refractivity contribution is 0.475. The van der Waals surface area contributed by atoms with Crippen molar-refractivity contribution in [3.63, 3.8) is 0 Å². The molecule has 0 spiro atoms. The first-order valence-corrected chi connectivity index (χ1v) is 6.17. The molecule has 0 radical (unpaired) electrons. The van der Waals surface area contributed by atoms with E-state index in [1.165, 1.54) is 18.2 Å². The first-order valence-electron chi connectivity index (χ1n) is 6.17. The molecule has 6 N–H and O–H groups in total. The molecular formula is C13H11N7O2. The molecule has 9 nitrogen and oxygen atoms in total. The average molecular weight is 297 g/mol. The van der Waals surface area contributed by atoms with Crippen LogP contribution in [-0.4, -0.2) is 25.2 Å². The number of hydrogen-bond donors (Lipinski definition) is 4. The number of nitrogen functional groups attached to an aromatic ring is 2. The zero-order valence-electron chi connectivity index (χ0n) is 11.2. The Morgan fingerprint density at radius 3 is 2.27 bits per heavy atom. The zero-order valence-corrected chi connectivity index (χ0v) is 11.2. The van der Waals surface area contributed by atoms with Crippen LogP contribution in [0.25, 0.3) is 10.8 Å². The number of phenols is 2. The van der Waals surface area contributed by atoms with Gasteiger partial charge in [0, 0.05) is 5.39 Å². The molecule has 0 fully saturated rings. The molecule has 9 heteroatoms. The van der Waals surface area contributed by atoms with E-state index in [-0.39, 0.29) is 29.3 Å². The largest absolute Gasteiger partial charge is 0.507 e. The van der Waals surface area contributed by atoms with Crippen molar-refractivity contribution < 1.29 is 10.2 Å². The van der Waals surface area contributed by atoms with Gasteiger partial charge in [-0.2, -0.15) is 15.0 Å². The highest BCUT2D eigenvalue weighted by molar-refractivity contribution is 6.00. The van der Waals surface area contributed by atoms with E-state index in [2.05, 4.69) is 25.2 Å². The lowest BCUT2D eigenvalue weighted by Gasteiger charge is -2.05. The number of anilines is 2. The molecule has 110 valence electrons. The fraction of sp³-hybridized carbons (Fsp3) is 0. The second kappa shape index (κ2) is 5.13. The maximum absolute atomic E-state index is 9.97. The van der Waals surface area contributed by atoms with Gasteiger partial charge in [0.25, 0.3) is 5.95 Å². The third-order valence-corrected chi connectivity index (χ3v) is 2.88. The first-order chi connectivity index (χ1) is 10.5. The number of nitrogens with zero attached hydrogens (tertiary/aromatic N) is 5. The summed E-state index contributed by atoms with van der Waals surface area (Å²) >= 11 is 0. The highest BCUT2D eigenvalue weighted by Gasteiger charge is 2.09. The van der Waals surface area contributed by atoms with Gasteiger partial charge >= 0.3 is 0 Å². The predicted molar refractivity (Wildman–Crippen MR) is 80.1 cm³/mol. The molecule has 0 bridgehead atoms. The van der Waals surface area contributed by atoms with Crippen LogP contribution in [0.3, 0.4) is 0 Å². The molecule has 0 atom stereocenters. The normalized spacial score (nSPS) is 11.3. The van der Waals surface area contributed by atoms with E-state index in [0.29, 0.717) is 16.5 Å². The number of azo groups is 1. The van der Waals surface area contributed by atoms with E-state index < -0.39 is 0 Å². The van der Waals surface area contributed by atoms with Crippen LogP contribution in [0.5, 0.6) is 11.5 Å². The fourth-order valence-electron chi connectivity index (χ4n) is 1.98. The lowest BCUT2D eigenvalue weighted by atomic mass is 10.1. The summed E-state index contributed by atoms with van der Waals surface area (Å²) in [6.45, 7) is 0. The molecule has 3 rings (SSSR count). The summed E-state index contributed by atoms with van der Waals surface area (Å²) in [6.07, 6.45) is 0. The van der Waals surface area contributed by atoms with Gasteiger partial charge in [0.05, 0.1) is 11.1 Å². The summed E-state index contributed by atoms with van der Waals surface area (Å²) in [6, 6.07) is 7.72. The molecule has 1 aromatic heterocycles. The molecular weight excluding hydrogens is 286 g/mol. The molecule has 22 heavy (non-hydrogen) atoms. The second-order valence-electron chi connectivity index (χ2n) is 4.36. The Morgan fingerprint density at radius 2 is 1.55 bits per heavy atom. The molecule has 0 saturated heterocycles. The summed E-state index contributed by atoms with van der Waals surface area (Å²) in [5.74, 6) is -0.197. The summed E-state index contributed by atoms with van der Waals surface area (Å²) < 4.78 is 0. The Bertz CT molecular complexity index is 875. The number of rotatable bonds is 2. The predicted octanol–water partition coefficient (Wildman–Crippen LogP) is 2.02. The van der Waals surface area contributed by atoms with Gasteiger partial charge in [-0.3, -0.25) is 0 Å². The third kappa shape index (κ3) is 2.42. The van der Waals surface area contributed by atoms with Crippen molar-refractivity contribution in [3.05, 3.63) is 30.3 Å². The van der Waals surface area contributed by atoms with Crippen LogP contribution in [0.1, 0.15) is 0 Å². The van der Waals surface area contributed by atoms with E-state index in [1.54, 1.807) is 12.1 Å². The minimum atomic E-state index is -0.0696.